The number of benzene rings is 1. The summed E-state index contributed by atoms with van der Waals surface area (Å²) in [4.78, 5) is 21.5. The molecule has 1 saturated heterocycles. The lowest BCUT2D eigenvalue weighted by atomic mass is 10.0. The van der Waals surface area contributed by atoms with Crippen molar-refractivity contribution in [2.75, 3.05) is 39.4 Å². The molecule has 3 aromatic rings. The molecular formula is C23H27N5O3. The molecule has 0 atom stereocenters. The third-order valence-electron chi connectivity index (χ3n) is 5.95. The van der Waals surface area contributed by atoms with Gasteiger partial charge in [0, 0.05) is 43.9 Å². The quantitative estimate of drug-likeness (QED) is 0.628. The number of aromatic nitrogens is 3. The van der Waals surface area contributed by atoms with Gasteiger partial charge >= 0.3 is 0 Å². The van der Waals surface area contributed by atoms with E-state index in [4.69, 9.17) is 14.3 Å². The number of oxazole rings is 1. The molecule has 0 N–H and O–H groups in total. The molecule has 2 aliphatic rings. The average Bonchev–Trinajstić information content (AvgIpc) is 3.38. The van der Waals surface area contributed by atoms with E-state index in [2.05, 4.69) is 22.0 Å². The molecule has 1 amide bonds. The second-order valence-corrected chi connectivity index (χ2v) is 8.15. The number of nitrogens with zero attached hydrogens (tertiary/aromatic N) is 5. The Bertz CT molecular complexity index is 1050. The Morgan fingerprint density at radius 1 is 1.13 bits per heavy atom. The Balaban J connectivity index is 1.41. The van der Waals surface area contributed by atoms with E-state index in [0.29, 0.717) is 45.3 Å². The summed E-state index contributed by atoms with van der Waals surface area (Å²) < 4.78 is 13.2. The molecule has 1 aromatic carbocycles. The molecule has 0 aliphatic carbocycles. The van der Waals surface area contributed by atoms with Gasteiger partial charge in [0.05, 0.1) is 32.5 Å². The summed E-state index contributed by atoms with van der Waals surface area (Å²) in [6.07, 6.45) is 2.48. The number of aryl methyl sites for hydroxylation is 1. The van der Waals surface area contributed by atoms with Gasteiger partial charge in [-0.15, -0.1) is 0 Å². The summed E-state index contributed by atoms with van der Waals surface area (Å²) in [5, 5.41) is 4.88. The minimum atomic E-state index is 0.151. The number of fused-ring (bicyclic) bond motifs is 1. The van der Waals surface area contributed by atoms with Crippen LogP contribution in [0.4, 0.5) is 0 Å². The van der Waals surface area contributed by atoms with Crippen LogP contribution in [0, 0.1) is 6.92 Å². The lowest BCUT2D eigenvalue weighted by Gasteiger charge is -2.32. The molecule has 8 nitrogen and oxygen atoms in total. The van der Waals surface area contributed by atoms with Crippen molar-refractivity contribution in [1.29, 1.82) is 0 Å². The molecule has 8 heteroatoms. The highest BCUT2D eigenvalue weighted by Gasteiger charge is 2.30. The molecule has 162 valence electrons. The van der Waals surface area contributed by atoms with Gasteiger partial charge in [0.25, 0.3) is 0 Å². The van der Waals surface area contributed by atoms with Gasteiger partial charge in [0.1, 0.15) is 5.76 Å². The molecule has 0 saturated carbocycles. The Morgan fingerprint density at radius 2 is 1.94 bits per heavy atom. The maximum absolute atomic E-state index is 13.0. The van der Waals surface area contributed by atoms with E-state index < -0.39 is 0 Å². The van der Waals surface area contributed by atoms with Crippen LogP contribution in [-0.2, 0) is 29.0 Å². The van der Waals surface area contributed by atoms with Crippen molar-refractivity contribution in [3.63, 3.8) is 0 Å². The fraction of sp³-hybridized carbons (Fsp3) is 0.435. The van der Waals surface area contributed by atoms with Crippen molar-refractivity contribution in [1.82, 2.24) is 24.6 Å². The molecule has 2 aromatic heterocycles. The van der Waals surface area contributed by atoms with Gasteiger partial charge in [-0.05, 0) is 12.5 Å². The Labute approximate surface area is 181 Å². The van der Waals surface area contributed by atoms with Crippen molar-refractivity contribution >= 4 is 5.91 Å². The highest BCUT2D eigenvalue weighted by Crippen LogP contribution is 2.30. The lowest BCUT2D eigenvalue weighted by Crippen LogP contribution is -2.46. The number of rotatable bonds is 5. The first-order valence-electron chi connectivity index (χ1n) is 10.8. The summed E-state index contributed by atoms with van der Waals surface area (Å²) in [7, 11) is 0. The van der Waals surface area contributed by atoms with Crippen LogP contribution < -0.4 is 0 Å². The van der Waals surface area contributed by atoms with Gasteiger partial charge in [-0.1, -0.05) is 30.3 Å². The molecule has 5 rings (SSSR count). The first-order chi connectivity index (χ1) is 15.2. The molecule has 2 aliphatic heterocycles. The number of hydrogen-bond donors (Lipinski definition) is 0. The maximum atomic E-state index is 13.0. The number of hydrogen-bond acceptors (Lipinski definition) is 6. The van der Waals surface area contributed by atoms with Crippen LogP contribution in [-0.4, -0.2) is 69.9 Å². The molecule has 1 fully saturated rings. The fourth-order valence-corrected chi connectivity index (χ4v) is 4.28. The molecular weight excluding hydrogens is 394 g/mol. The first kappa shape index (κ1) is 20.0. The van der Waals surface area contributed by atoms with Gasteiger partial charge in [-0.3, -0.25) is 14.4 Å². The van der Waals surface area contributed by atoms with E-state index >= 15 is 0 Å². The second kappa shape index (κ2) is 8.64. The van der Waals surface area contributed by atoms with Crippen molar-refractivity contribution in [2.45, 2.75) is 26.4 Å². The van der Waals surface area contributed by atoms with Crippen LogP contribution >= 0.6 is 0 Å². The van der Waals surface area contributed by atoms with E-state index in [9.17, 15) is 4.79 Å². The smallest absolute Gasteiger partial charge is 0.247 e. The van der Waals surface area contributed by atoms with Gasteiger partial charge < -0.3 is 14.1 Å². The maximum Gasteiger partial charge on any atom is 0.247 e. The monoisotopic (exact) mass is 421 g/mol. The molecule has 0 radical (unpaired) electrons. The van der Waals surface area contributed by atoms with Crippen LogP contribution in [0.3, 0.4) is 0 Å². The summed E-state index contributed by atoms with van der Waals surface area (Å²) in [6.45, 7) is 7.22. The minimum absolute atomic E-state index is 0.151. The lowest BCUT2D eigenvalue weighted by molar-refractivity contribution is -0.134. The van der Waals surface area contributed by atoms with Crippen molar-refractivity contribution < 1.29 is 13.9 Å². The van der Waals surface area contributed by atoms with Crippen LogP contribution in [0.2, 0.25) is 0 Å². The van der Waals surface area contributed by atoms with Crippen LogP contribution in [0.15, 0.2) is 40.9 Å². The number of carbonyl (C=O) groups excluding carboxylic acids is 1. The number of amides is 1. The van der Waals surface area contributed by atoms with E-state index in [-0.39, 0.29) is 5.91 Å². The second-order valence-electron chi connectivity index (χ2n) is 8.15. The highest BCUT2D eigenvalue weighted by molar-refractivity contribution is 5.79. The van der Waals surface area contributed by atoms with Crippen LogP contribution in [0.5, 0.6) is 0 Å². The zero-order chi connectivity index (χ0) is 21.2. The summed E-state index contributed by atoms with van der Waals surface area (Å²) >= 11 is 0. The highest BCUT2D eigenvalue weighted by atomic mass is 16.5. The van der Waals surface area contributed by atoms with Gasteiger partial charge in [-0.2, -0.15) is 5.10 Å². The SMILES string of the molecule is Cc1cnc(-c2nn(Cc3ccccc3)c3c2CN(C(=O)CN2CCOCC2)CC3)o1. The van der Waals surface area contributed by atoms with Gasteiger partial charge in [0.2, 0.25) is 11.8 Å². The number of morpholine rings is 1. The number of carbonyl (C=O) groups is 1. The van der Waals surface area contributed by atoms with Crippen molar-refractivity contribution in [2.24, 2.45) is 0 Å². The summed E-state index contributed by atoms with van der Waals surface area (Å²) in [5.74, 6) is 1.42. The molecule has 31 heavy (non-hydrogen) atoms. The van der Waals surface area contributed by atoms with Gasteiger partial charge in [0.15, 0.2) is 5.69 Å². The van der Waals surface area contributed by atoms with Crippen molar-refractivity contribution in [3.8, 4) is 11.6 Å². The number of ether oxygens (including phenoxy) is 1. The largest absolute Gasteiger partial charge is 0.440 e. The van der Waals surface area contributed by atoms with E-state index in [1.165, 1.54) is 5.56 Å². The van der Waals surface area contributed by atoms with E-state index in [0.717, 1.165) is 42.2 Å². The minimum Gasteiger partial charge on any atom is -0.440 e. The van der Waals surface area contributed by atoms with E-state index in [1.54, 1.807) is 6.20 Å². The van der Waals surface area contributed by atoms with Gasteiger partial charge in [-0.25, -0.2) is 4.98 Å². The fourth-order valence-electron chi connectivity index (χ4n) is 4.28. The van der Waals surface area contributed by atoms with Crippen LogP contribution in [0.1, 0.15) is 22.6 Å². The molecule has 4 heterocycles. The summed E-state index contributed by atoms with van der Waals surface area (Å²) in [5.41, 5.74) is 4.13. The zero-order valence-corrected chi connectivity index (χ0v) is 17.8. The molecule has 0 bridgehead atoms. The average molecular weight is 422 g/mol. The Kier molecular flexibility index (Phi) is 5.57. The zero-order valence-electron chi connectivity index (χ0n) is 17.8. The van der Waals surface area contributed by atoms with E-state index in [1.807, 2.05) is 34.7 Å². The van der Waals surface area contributed by atoms with Crippen molar-refractivity contribution in [3.05, 3.63) is 59.1 Å². The Hall–Kier alpha value is -2.97. The third kappa shape index (κ3) is 4.26. The molecule has 0 spiro atoms. The predicted octanol–water partition coefficient (Wildman–Crippen LogP) is 2.11. The standard InChI is InChI=1S/C23H27N5O3/c1-17-13-24-23(31-17)22-19-15-27(21(29)16-26-9-11-30-12-10-26)8-7-20(19)28(25-22)14-18-5-3-2-4-6-18/h2-6,13H,7-12,14-16H2,1H3. The first-order valence-corrected chi connectivity index (χ1v) is 10.8. The normalized spacial score (nSPS) is 17.0. The topological polar surface area (TPSA) is 76.6 Å². The Morgan fingerprint density at radius 3 is 2.68 bits per heavy atom. The molecule has 0 unspecified atom stereocenters. The third-order valence-corrected chi connectivity index (χ3v) is 5.95. The summed E-state index contributed by atoms with van der Waals surface area (Å²) in [6, 6.07) is 10.3. The predicted molar refractivity (Wildman–Crippen MR) is 114 cm³/mol. The van der Waals surface area contributed by atoms with Crippen LogP contribution in [0.25, 0.3) is 11.6 Å².